The largest absolute Gasteiger partial charge is 0.496 e. The highest BCUT2D eigenvalue weighted by Crippen LogP contribution is 2.27. The van der Waals surface area contributed by atoms with Crippen molar-refractivity contribution >= 4 is 5.84 Å². The molecule has 4 N–H and O–H groups in total. The molecule has 1 aliphatic rings. The van der Waals surface area contributed by atoms with Gasteiger partial charge in [-0.15, -0.1) is 0 Å². The number of nitrogens with two attached hydrogens (primary N) is 1. The molecule has 1 saturated carbocycles. The number of oxime groups is 1. The number of amidine groups is 1. The van der Waals surface area contributed by atoms with Gasteiger partial charge in [-0.3, -0.25) is 0 Å². The number of rotatable bonds is 7. The van der Waals surface area contributed by atoms with E-state index in [2.05, 4.69) is 10.5 Å². The molecular weight excluding hydrogens is 266 g/mol. The normalized spacial score (nSPS) is 16.3. The monoisotopic (exact) mass is 291 g/mol. The Hall–Kier alpha value is -1.75. The SMILES string of the molecule is COc1ccc(CNCCC2CCCC2)cc1C(N)=NO. The molecule has 5 nitrogen and oxygen atoms in total. The van der Waals surface area contributed by atoms with Crippen LogP contribution < -0.4 is 15.8 Å². The van der Waals surface area contributed by atoms with Crippen LogP contribution in [0, 0.1) is 5.92 Å². The summed E-state index contributed by atoms with van der Waals surface area (Å²) < 4.78 is 5.22. The van der Waals surface area contributed by atoms with Crippen LogP contribution in [0.2, 0.25) is 0 Å². The van der Waals surface area contributed by atoms with Gasteiger partial charge in [-0.05, 0) is 36.6 Å². The van der Waals surface area contributed by atoms with Crippen molar-refractivity contribution in [3.8, 4) is 5.75 Å². The predicted octanol–water partition coefficient (Wildman–Crippen LogP) is 2.46. The quantitative estimate of drug-likeness (QED) is 0.237. The fourth-order valence-corrected chi connectivity index (χ4v) is 2.96. The first kappa shape index (κ1) is 15.6. The van der Waals surface area contributed by atoms with E-state index >= 15 is 0 Å². The summed E-state index contributed by atoms with van der Waals surface area (Å²) in [7, 11) is 1.57. The number of hydrogen-bond acceptors (Lipinski definition) is 4. The molecule has 5 heteroatoms. The summed E-state index contributed by atoms with van der Waals surface area (Å²) in [5, 5.41) is 15.3. The van der Waals surface area contributed by atoms with Crippen molar-refractivity contribution in [1.29, 1.82) is 0 Å². The lowest BCUT2D eigenvalue weighted by molar-refractivity contribution is 0.318. The van der Waals surface area contributed by atoms with Crippen LogP contribution in [0.4, 0.5) is 0 Å². The van der Waals surface area contributed by atoms with E-state index in [0.717, 1.165) is 24.6 Å². The Morgan fingerprint density at radius 2 is 2.19 bits per heavy atom. The summed E-state index contributed by atoms with van der Waals surface area (Å²) in [4.78, 5) is 0. The molecule has 0 radical (unpaired) electrons. The average molecular weight is 291 g/mol. The van der Waals surface area contributed by atoms with E-state index in [4.69, 9.17) is 15.7 Å². The van der Waals surface area contributed by atoms with Gasteiger partial charge in [-0.25, -0.2) is 0 Å². The van der Waals surface area contributed by atoms with Crippen molar-refractivity contribution in [2.75, 3.05) is 13.7 Å². The number of benzene rings is 1. The summed E-state index contributed by atoms with van der Waals surface area (Å²) in [6.45, 7) is 1.82. The Morgan fingerprint density at radius 3 is 2.86 bits per heavy atom. The smallest absolute Gasteiger partial charge is 0.173 e. The van der Waals surface area contributed by atoms with Gasteiger partial charge in [-0.2, -0.15) is 0 Å². The van der Waals surface area contributed by atoms with Gasteiger partial charge in [0.05, 0.1) is 12.7 Å². The molecule has 0 saturated heterocycles. The zero-order chi connectivity index (χ0) is 15.1. The second kappa shape index (κ2) is 7.88. The molecule has 0 amide bonds. The van der Waals surface area contributed by atoms with E-state index in [1.165, 1.54) is 32.1 Å². The van der Waals surface area contributed by atoms with Crippen LogP contribution in [0.15, 0.2) is 23.4 Å². The molecule has 1 fully saturated rings. The maximum absolute atomic E-state index is 8.83. The summed E-state index contributed by atoms with van der Waals surface area (Å²) in [6.07, 6.45) is 6.82. The molecule has 0 heterocycles. The third-order valence-electron chi connectivity index (χ3n) is 4.18. The zero-order valence-corrected chi connectivity index (χ0v) is 12.6. The van der Waals surface area contributed by atoms with Gasteiger partial charge in [0.2, 0.25) is 0 Å². The standard InChI is InChI=1S/C16H25N3O2/c1-21-15-7-6-13(10-14(15)16(17)19-20)11-18-9-8-12-4-2-3-5-12/h6-7,10,12,18,20H,2-5,8-9,11H2,1H3,(H2,17,19). The van der Waals surface area contributed by atoms with Crippen LogP contribution >= 0.6 is 0 Å². The van der Waals surface area contributed by atoms with Gasteiger partial charge in [0.15, 0.2) is 5.84 Å². The van der Waals surface area contributed by atoms with Crippen LogP contribution in [-0.4, -0.2) is 24.7 Å². The Labute approximate surface area is 126 Å². The van der Waals surface area contributed by atoms with E-state index in [-0.39, 0.29) is 5.84 Å². The molecule has 1 aromatic carbocycles. The molecule has 0 bridgehead atoms. The van der Waals surface area contributed by atoms with Crippen LogP contribution in [0.1, 0.15) is 43.2 Å². The Kier molecular flexibility index (Phi) is 5.87. The third kappa shape index (κ3) is 4.36. The van der Waals surface area contributed by atoms with Crippen molar-refractivity contribution in [1.82, 2.24) is 5.32 Å². The Balaban J connectivity index is 1.87. The van der Waals surface area contributed by atoms with Crippen LogP contribution in [0.3, 0.4) is 0 Å². The van der Waals surface area contributed by atoms with Gasteiger partial charge >= 0.3 is 0 Å². The minimum Gasteiger partial charge on any atom is -0.496 e. The number of nitrogens with zero attached hydrogens (tertiary/aromatic N) is 1. The molecule has 0 atom stereocenters. The molecule has 0 aliphatic heterocycles. The fourth-order valence-electron chi connectivity index (χ4n) is 2.96. The minimum atomic E-state index is 0.0691. The maximum atomic E-state index is 8.83. The van der Waals surface area contributed by atoms with Gasteiger partial charge in [0, 0.05) is 6.54 Å². The highest BCUT2D eigenvalue weighted by molar-refractivity contribution is 5.99. The molecule has 2 rings (SSSR count). The number of nitrogens with one attached hydrogen (secondary N) is 1. The van der Waals surface area contributed by atoms with Crippen molar-refractivity contribution in [3.63, 3.8) is 0 Å². The van der Waals surface area contributed by atoms with Crippen molar-refractivity contribution < 1.29 is 9.94 Å². The van der Waals surface area contributed by atoms with E-state index in [0.29, 0.717) is 11.3 Å². The minimum absolute atomic E-state index is 0.0691. The molecule has 0 aromatic heterocycles. The Bertz CT molecular complexity index is 482. The summed E-state index contributed by atoms with van der Waals surface area (Å²) >= 11 is 0. The molecular formula is C16H25N3O2. The highest BCUT2D eigenvalue weighted by Gasteiger charge is 2.14. The van der Waals surface area contributed by atoms with Gasteiger partial charge in [0.25, 0.3) is 0 Å². The first-order valence-corrected chi connectivity index (χ1v) is 7.60. The molecule has 21 heavy (non-hydrogen) atoms. The molecule has 0 spiro atoms. The zero-order valence-electron chi connectivity index (χ0n) is 12.6. The lowest BCUT2D eigenvalue weighted by Crippen LogP contribution is -2.18. The lowest BCUT2D eigenvalue weighted by Gasteiger charge is -2.12. The van der Waals surface area contributed by atoms with Gasteiger partial charge in [-0.1, -0.05) is 36.9 Å². The van der Waals surface area contributed by atoms with E-state index in [1.54, 1.807) is 7.11 Å². The first-order chi connectivity index (χ1) is 10.2. The van der Waals surface area contributed by atoms with Gasteiger partial charge < -0.3 is 21.0 Å². The number of ether oxygens (including phenoxy) is 1. The highest BCUT2D eigenvalue weighted by atomic mass is 16.5. The van der Waals surface area contributed by atoms with Crippen LogP contribution in [0.5, 0.6) is 5.75 Å². The van der Waals surface area contributed by atoms with Crippen molar-refractivity contribution in [3.05, 3.63) is 29.3 Å². The van der Waals surface area contributed by atoms with Gasteiger partial charge in [0.1, 0.15) is 5.75 Å². The molecule has 1 aliphatic carbocycles. The van der Waals surface area contributed by atoms with Crippen LogP contribution in [0.25, 0.3) is 0 Å². The van der Waals surface area contributed by atoms with Crippen molar-refractivity contribution in [2.45, 2.75) is 38.6 Å². The predicted molar refractivity (Wildman–Crippen MR) is 83.8 cm³/mol. The topological polar surface area (TPSA) is 79.9 Å². The van der Waals surface area contributed by atoms with E-state index in [1.807, 2.05) is 18.2 Å². The number of hydrogen-bond donors (Lipinski definition) is 3. The summed E-state index contributed by atoms with van der Waals surface area (Å²) in [6, 6.07) is 5.74. The molecule has 1 aromatic rings. The fraction of sp³-hybridized carbons (Fsp3) is 0.562. The second-order valence-electron chi connectivity index (χ2n) is 5.64. The average Bonchev–Trinajstić information content (AvgIpc) is 3.04. The lowest BCUT2D eigenvalue weighted by atomic mass is 10.0. The van der Waals surface area contributed by atoms with E-state index < -0.39 is 0 Å². The van der Waals surface area contributed by atoms with E-state index in [9.17, 15) is 0 Å². The summed E-state index contributed by atoms with van der Waals surface area (Å²) in [5.74, 6) is 1.58. The summed E-state index contributed by atoms with van der Waals surface area (Å²) in [5.41, 5.74) is 7.40. The maximum Gasteiger partial charge on any atom is 0.173 e. The number of methoxy groups -OCH3 is 1. The molecule has 116 valence electrons. The van der Waals surface area contributed by atoms with Crippen LogP contribution in [-0.2, 0) is 6.54 Å². The Morgan fingerprint density at radius 1 is 1.43 bits per heavy atom. The second-order valence-corrected chi connectivity index (χ2v) is 5.64. The third-order valence-corrected chi connectivity index (χ3v) is 4.18. The molecule has 0 unspecified atom stereocenters. The van der Waals surface area contributed by atoms with Crippen molar-refractivity contribution in [2.24, 2.45) is 16.8 Å². The first-order valence-electron chi connectivity index (χ1n) is 7.60.